The van der Waals surface area contributed by atoms with Crippen LogP contribution >= 0.6 is 0 Å². The number of hydrogen-bond acceptors (Lipinski definition) is 4. The number of nitrogens with zero attached hydrogens (tertiary/aromatic N) is 1. The largest absolute Gasteiger partial charge is 0.490 e. The predicted octanol–water partition coefficient (Wildman–Crippen LogP) is 3.29. The van der Waals surface area contributed by atoms with E-state index < -0.39 is 10.0 Å². The molecule has 1 rings (SSSR count). The second-order valence-corrected chi connectivity index (χ2v) is 6.82. The van der Waals surface area contributed by atoms with Crippen LogP contribution in [0.25, 0.3) is 0 Å². The lowest BCUT2D eigenvalue weighted by Crippen LogP contribution is -2.32. The van der Waals surface area contributed by atoms with Gasteiger partial charge in [0, 0.05) is 19.2 Å². The van der Waals surface area contributed by atoms with Gasteiger partial charge in [0.25, 0.3) is 0 Å². The Kier molecular flexibility index (Phi) is 7.68. The molecule has 0 aliphatic carbocycles. The molecule has 5 nitrogen and oxygen atoms in total. The highest BCUT2D eigenvalue weighted by molar-refractivity contribution is 7.89. The van der Waals surface area contributed by atoms with Gasteiger partial charge in [-0.15, -0.1) is 0 Å². The van der Waals surface area contributed by atoms with E-state index in [9.17, 15) is 8.42 Å². The van der Waals surface area contributed by atoms with Crippen LogP contribution in [0.2, 0.25) is 0 Å². The highest BCUT2D eigenvalue weighted by atomic mass is 32.2. The maximum Gasteiger partial charge on any atom is 0.243 e. The zero-order valence-electron chi connectivity index (χ0n) is 14.0. The summed E-state index contributed by atoms with van der Waals surface area (Å²) in [6.45, 7) is 9.69. The number of hydrogen-bond donors (Lipinski definition) is 0. The summed E-state index contributed by atoms with van der Waals surface area (Å²) in [6, 6.07) is 4.81. The summed E-state index contributed by atoms with van der Waals surface area (Å²) in [6.07, 6.45) is 1.57. The molecule has 0 aliphatic rings. The van der Waals surface area contributed by atoms with Gasteiger partial charge in [0.1, 0.15) is 0 Å². The average molecular weight is 329 g/mol. The van der Waals surface area contributed by atoms with Gasteiger partial charge in [0.05, 0.1) is 18.1 Å². The molecule has 0 saturated heterocycles. The number of rotatable bonds is 10. The van der Waals surface area contributed by atoms with Crippen LogP contribution in [0.5, 0.6) is 11.5 Å². The molecular formula is C16H27NO4S. The van der Waals surface area contributed by atoms with Gasteiger partial charge in [-0.3, -0.25) is 0 Å². The third kappa shape index (κ3) is 4.61. The van der Waals surface area contributed by atoms with E-state index in [1.54, 1.807) is 18.2 Å². The molecule has 0 aliphatic heterocycles. The van der Waals surface area contributed by atoms with Gasteiger partial charge in [-0.25, -0.2) is 8.42 Å². The lowest BCUT2D eigenvalue weighted by molar-refractivity contribution is 0.287. The Hall–Kier alpha value is -1.27. The second kappa shape index (κ2) is 9.00. The van der Waals surface area contributed by atoms with Crippen LogP contribution in [-0.4, -0.2) is 39.0 Å². The van der Waals surface area contributed by atoms with E-state index in [1.165, 1.54) is 4.31 Å². The van der Waals surface area contributed by atoms with Crippen molar-refractivity contribution >= 4 is 10.0 Å². The molecule has 0 heterocycles. The molecule has 126 valence electrons. The summed E-state index contributed by atoms with van der Waals surface area (Å²) in [5.74, 6) is 1.04. The Morgan fingerprint density at radius 3 is 1.95 bits per heavy atom. The quantitative estimate of drug-likeness (QED) is 0.661. The molecule has 22 heavy (non-hydrogen) atoms. The average Bonchev–Trinajstić information content (AvgIpc) is 2.49. The minimum Gasteiger partial charge on any atom is -0.490 e. The van der Waals surface area contributed by atoms with Crippen LogP contribution < -0.4 is 9.47 Å². The normalized spacial score (nSPS) is 11.7. The van der Waals surface area contributed by atoms with Crippen molar-refractivity contribution in [3.8, 4) is 11.5 Å². The summed E-state index contributed by atoms with van der Waals surface area (Å²) in [5.41, 5.74) is 0. The monoisotopic (exact) mass is 329 g/mol. The van der Waals surface area contributed by atoms with Crippen LogP contribution in [0, 0.1) is 0 Å². The minimum atomic E-state index is -3.50. The van der Waals surface area contributed by atoms with Crippen LogP contribution in [0.15, 0.2) is 23.1 Å². The molecule has 0 bridgehead atoms. The molecule has 0 amide bonds. The number of benzene rings is 1. The summed E-state index contributed by atoms with van der Waals surface area (Å²) in [4.78, 5) is 0.251. The minimum absolute atomic E-state index is 0.251. The maximum absolute atomic E-state index is 12.8. The zero-order chi connectivity index (χ0) is 16.6. The summed E-state index contributed by atoms with van der Waals surface area (Å²) < 4.78 is 38.1. The standard InChI is InChI=1S/C16H27NO4S/c1-5-11-17(12-6-2)22(18,19)14-9-10-15(20-7-3)16(13-14)21-8-4/h9-10,13H,5-8,11-12H2,1-4H3. The van der Waals surface area contributed by atoms with Crippen LogP contribution in [-0.2, 0) is 10.0 Å². The van der Waals surface area contributed by atoms with Gasteiger partial charge in [-0.2, -0.15) is 4.31 Å². The molecule has 1 aromatic rings. The Morgan fingerprint density at radius 1 is 0.909 bits per heavy atom. The van der Waals surface area contributed by atoms with E-state index in [0.29, 0.717) is 37.8 Å². The smallest absolute Gasteiger partial charge is 0.243 e. The van der Waals surface area contributed by atoms with E-state index in [-0.39, 0.29) is 4.90 Å². The van der Waals surface area contributed by atoms with E-state index in [0.717, 1.165) is 12.8 Å². The van der Waals surface area contributed by atoms with Crippen molar-refractivity contribution in [2.75, 3.05) is 26.3 Å². The Balaban J connectivity index is 3.20. The van der Waals surface area contributed by atoms with Crippen LogP contribution in [0.4, 0.5) is 0 Å². The molecule has 0 N–H and O–H groups in total. The highest BCUT2D eigenvalue weighted by Crippen LogP contribution is 2.31. The first kappa shape index (κ1) is 18.8. The first-order valence-electron chi connectivity index (χ1n) is 7.90. The fraction of sp³-hybridized carbons (Fsp3) is 0.625. The van der Waals surface area contributed by atoms with Crippen LogP contribution in [0.3, 0.4) is 0 Å². The molecule has 0 fully saturated rings. The molecule has 6 heteroatoms. The highest BCUT2D eigenvalue weighted by Gasteiger charge is 2.24. The predicted molar refractivity (Wildman–Crippen MR) is 88.1 cm³/mol. The van der Waals surface area contributed by atoms with E-state index in [2.05, 4.69) is 0 Å². The zero-order valence-corrected chi connectivity index (χ0v) is 14.8. The molecule has 0 saturated carbocycles. The van der Waals surface area contributed by atoms with Crippen molar-refractivity contribution in [1.82, 2.24) is 4.31 Å². The van der Waals surface area contributed by atoms with Crippen molar-refractivity contribution in [1.29, 1.82) is 0 Å². The van der Waals surface area contributed by atoms with E-state index in [4.69, 9.17) is 9.47 Å². The molecule has 0 unspecified atom stereocenters. The Morgan fingerprint density at radius 2 is 1.45 bits per heavy atom. The van der Waals surface area contributed by atoms with Crippen LogP contribution in [0.1, 0.15) is 40.5 Å². The lowest BCUT2D eigenvalue weighted by atomic mass is 10.3. The van der Waals surface area contributed by atoms with Crippen molar-refractivity contribution in [3.05, 3.63) is 18.2 Å². The molecule has 0 aromatic heterocycles. The van der Waals surface area contributed by atoms with Crippen molar-refractivity contribution in [2.24, 2.45) is 0 Å². The van der Waals surface area contributed by atoms with Gasteiger partial charge in [-0.05, 0) is 38.8 Å². The van der Waals surface area contributed by atoms with Crippen molar-refractivity contribution in [2.45, 2.75) is 45.4 Å². The van der Waals surface area contributed by atoms with Crippen molar-refractivity contribution < 1.29 is 17.9 Å². The van der Waals surface area contributed by atoms with E-state index in [1.807, 2.05) is 27.7 Å². The summed E-state index contributed by atoms with van der Waals surface area (Å²) >= 11 is 0. The summed E-state index contributed by atoms with van der Waals surface area (Å²) in [5, 5.41) is 0. The number of ether oxygens (including phenoxy) is 2. The van der Waals surface area contributed by atoms with Crippen molar-refractivity contribution in [3.63, 3.8) is 0 Å². The lowest BCUT2D eigenvalue weighted by Gasteiger charge is -2.21. The topological polar surface area (TPSA) is 55.8 Å². The maximum atomic E-state index is 12.8. The fourth-order valence-corrected chi connectivity index (χ4v) is 3.83. The van der Waals surface area contributed by atoms with Gasteiger partial charge >= 0.3 is 0 Å². The SMILES string of the molecule is CCCN(CCC)S(=O)(=O)c1ccc(OCC)c(OCC)c1. The third-order valence-corrected chi connectivity index (χ3v) is 4.99. The first-order chi connectivity index (χ1) is 10.5. The molecule has 0 atom stereocenters. The Bertz CT molecular complexity index is 551. The summed E-state index contributed by atoms with van der Waals surface area (Å²) in [7, 11) is -3.50. The third-order valence-electron chi connectivity index (χ3n) is 3.10. The first-order valence-corrected chi connectivity index (χ1v) is 9.34. The fourth-order valence-electron chi connectivity index (χ4n) is 2.19. The molecule has 1 aromatic carbocycles. The van der Waals surface area contributed by atoms with Gasteiger partial charge < -0.3 is 9.47 Å². The Labute approximate surface area is 134 Å². The van der Waals surface area contributed by atoms with Gasteiger partial charge in [0.2, 0.25) is 10.0 Å². The van der Waals surface area contributed by atoms with E-state index >= 15 is 0 Å². The molecular weight excluding hydrogens is 302 g/mol. The second-order valence-electron chi connectivity index (χ2n) is 4.88. The molecule has 0 radical (unpaired) electrons. The molecule has 0 spiro atoms. The number of sulfonamides is 1. The van der Waals surface area contributed by atoms with Gasteiger partial charge in [-0.1, -0.05) is 13.8 Å². The van der Waals surface area contributed by atoms with Gasteiger partial charge in [0.15, 0.2) is 11.5 Å².